The SMILES string of the molecule is CN(C)CCNc1ccc2c(=O)n(-c3ccc(CC(=O)CS(=O)(=O)c4ccc(Cl)s4)cc3F)cnc2c1. The number of ketones is 1. The van der Waals surface area contributed by atoms with Gasteiger partial charge in [-0.2, -0.15) is 0 Å². The van der Waals surface area contributed by atoms with Crippen LogP contribution in [0.1, 0.15) is 5.56 Å². The average molecular weight is 563 g/mol. The van der Waals surface area contributed by atoms with Crippen molar-refractivity contribution < 1.29 is 17.6 Å². The van der Waals surface area contributed by atoms with Gasteiger partial charge in [0.1, 0.15) is 22.1 Å². The maximum absolute atomic E-state index is 15.0. The summed E-state index contributed by atoms with van der Waals surface area (Å²) in [5.74, 6) is -2.03. The number of carbonyl (C=O) groups excluding carboxylic acids is 1. The maximum atomic E-state index is 15.0. The summed E-state index contributed by atoms with van der Waals surface area (Å²) >= 11 is 6.66. The van der Waals surface area contributed by atoms with Crippen LogP contribution in [-0.4, -0.2) is 61.6 Å². The van der Waals surface area contributed by atoms with Crippen molar-refractivity contribution >= 4 is 55.1 Å². The van der Waals surface area contributed by atoms with E-state index in [0.717, 1.165) is 40.7 Å². The van der Waals surface area contributed by atoms with E-state index in [4.69, 9.17) is 11.6 Å². The zero-order valence-electron chi connectivity index (χ0n) is 20.1. The number of nitrogens with zero attached hydrogens (tertiary/aromatic N) is 3. The van der Waals surface area contributed by atoms with Crippen molar-refractivity contribution in [3.8, 4) is 5.69 Å². The molecule has 0 aliphatic rings. The van der Waals surface area contributed by atoms with Gasteiger partial charge in [-0.25, -0.2) is 17.8 Å². The van der Waals surface area contributed by atoms with Crippen LogP contribution in [0.2, 0.25) is 4.34 Å². The van der Waals surface area contributed by atoms with Crippen LogP contribution < -0.4 is 10.9 Å². The van der Waals surface area contributed by atoms with Crippen molar-refractivity contribution in [3.63, 3.8) is 0 Å². The average Bonchev–Trinajstić information content (AvgIpc) is 3.27. The van der Waals surface area contributed by atoms with Crippen LogP contribution in [0, 0.1) is 5.82 Å². The molecular formula is C25H24ClFN4O4S2. The number of sulfone groups is 1. The summed E-state index contributed by atoms with van der Waals surface area (Å²) in [6, 6.07) is 12.0. The fourth-order valence-corrected chi connectivity index (χ4v) is 6.52. The smallest absolute Gasteiger partial charge is 0.265 e. The Labute approximate surface area is 222 Å². The maximum Gasteiger partial charge on any atom is 0.265 e. The van der Waals surface area contributed by atoms with Gasteiger partial charge < -0.3 is 10.2 Å². The van der Waals surface area contributed by atoms with Crippen molar-refractivity contribution in [1.29, 1.82) is 0 Å². The summed E-state index contributed by atoms with van der Waals surface area (Å²) in [6.45, 7) is 1.57. The highest BCUT2D eigenvalue weighted by molar-refractivity contribution is 7.94. The highest BCUT2D eigenvalue weighted by Crippen LogP contribution is 2.26. The lowest BCUT2D eigenvalue weighted by atomic mass is 10.1. The quantitative estimate of drug-likeness (QED) is 0.314. The number of nitrogens with one attached hydrogen (secondary N) is 1. The molecular weight excluding hydrogens is 539 g/mol. The fourth-order valence-electron chi connectivity index (χ4n) is 3.71. The predicted molar refractivity (Wildman–Crippen MR) is 144 cm³/mol. The molecule has 0 saturated carbocycles. The number of rotatable bonds is 10. The van der Waals surface area contributed by atoms with Crippen LogP contribution in [0.15, 0.2) is 63.9 Å². The number of benzene rings is 2. The standard InChI is InChI=1S/C25H24ClFN4O4S2/c1-30(2)10-9-28-17-4-5-19-21(13-17)29-15-31(25(19)33)22-6-3-16(12-20(22)27)11-18(32)14-37(34,35)24-8-7-23(26)36-24/h3-8,12-13,15,28H,9-11,14H2,1-2H3. The molecule has 0 amide bonds. The van der Waals surface area contributed by atoms with Crippen LogP contribution in [-0.2, 0) is 21.1 Å². The first-order valence-corrected chi connectivity index (χ1v) is 14.1. The Bertz CT molecular complexity index is 1630. The molecule has 0 atom stereocenters. The lowest BCUT2D eigenvalue weighted by Gasteiger charge is -2.12. The third kappa shape index (κ3) is 6.42. The third-order valence-corrected chi connectivity index (χ3v) is 9.02. The van der Waals surface area contributed by atoms with Gasteiger partial charge in [-0.05, 0) is 62.1 Å². The second kappa shape index (κ2) is 11.1. The van der Waals surface area contributed by atoms with E-state index in [9.17, 15) is 22.4 Å². The zero-order chi connectivity index (χ0) is 26.7. The van der Waals surface area contributed by atoms with Gasteiger partial charge in [-0.1, -0.05) is 17.7 Å². The molecule has 4 aromatic rings. The summed E-state index contributed by atoms with van der Waals surface area (Å²) in [4.78, 5) is 31.8. The molecule has 0 unspecified atom stereocenters. The third-order valence-electron chi connectivity index (χ3n) is 5.53. The van der Waals surface area contributed by atoms with Crippen LogP contribution >= 0.6 is 22.9 Å². The summed E-state index contributed by atoms with van der Waals surface area (Å²) in [5, 5.41) is 3.60. The molecule has 2 heterocycles. The molecule has 0 saturated heterocycles. The molecule has 2 aromatic heterocycles. The van der Waals surface area contributed by atoms with E-state index in [0.29, 0.717) is 20.8 Å². The van der Waals surface area contributed by atoms with Crippen molar-refractivity contribution in [2.45, 2.75) is 10.6 Å². The lowest BCUT2D eigenvalue weighted by Crippen LogP contribution is -2.21. The number of aromatic nitrogens is 2. The van der Waals surface area contributed by atoms with Crippen molar-refractivity contribution in [2.24, 2.45) is 0 Å². The number of anilines is 1. The van der Waals surface area contributed by atoms with Crippen molar-refractivity contribution in [3.05, 3.63) is 80.9 Å². The first kappa shape index (κ1) is 26.9. The number of halogens is 2. The number of likely N-dealkylation sites (N-methyl/N-ethyl adjacent to an activating group) is 1. The molecule has 8 nitrogen and oxygen atoms in total. The van der Waals surface area contributed by atoms with Gasteiger partial charge in [0.2, 0.25) is 0 Å². The largest absolute Gasteiger partial charge is 0.384 e. The van der Waals surface area contributed by atoms with Crippen LogP contribution in [0.25, 0.3) is 16.6 Å². The van der Waals surface area contributed by atoms with Gasteiger partial charge in [-0.15, -0.1) is 11.3 Å². The second-order valence-corrected chi connectivity index (χ2v) is 12.6. The van der Waals surface area contributed by atoms with Gasteiger partial charge in [0.25, 0.3) is 5.56 Å². The Kier molecular flexibility index (Phi) is 8.08. The molecule has 0 spiro atoms. The summed E-state index contributed by atoms with van der Waals surface area (Å²) < 4.78 is 41.2. The molecule has 194 valence electrons. The molecule has 37 heavy (non-hydrogen) atoms. The number of hydrogen-bond acceptors (Lipinski definition) is 8. The number of carbonyl (C=O) groups is 1. The van der Waals surface area contributed by atoms with Gasteiger partial charge in [-0.3, -0.25) is 14.2 Å². The van der Waals surface area contributed by atoms with E-state index in [1.165, 1.54) is 30.6 Å². The molecule has 0 radical (unpaired) electrons. The van der Waals surface area contributed by atoms with Gasteiger partial charge in [0, 0.05) is 25.2 Å². The zero-order valence-corrected chi connectivity index (χ0v) is 22.5. The first-order valence-electron chi connectivity index (χ1n) is 11.2. The van der Waals surface area contributed by atoms with Gasteiger partial charge in [0.05, 0.1) is 20.9 Å². The van der Waals surface area contributed by atoms with Crippen LogP contribution in [0.3, 0.4) is 0 Å². The molecule has 1 N–H and O–H groups in total. The predicted octanol–water partition coefficient (Wildman–Crippen LogP) is 3.80. The molecule has 0 aliphatic carbocycles. The van der Waals surface area contributed by atoms with Gasteiger partial charge >= 0.3 is 0 Å². The number of thiophene rings is 1. The summed E-state index contributed by atoms with van der Waals surface area (Å²) in [7, 11) is 0.122. The molecule has 12 heteroatoms. The normalized spacial score (nSPS) is 11.8. The minimum absolute atomic E-state index is 0.00650. The minimum atomic E-state index is -3.83. The molecule has 0 fully saturated rings. The number of Topliss-reactive ketones (excluding diaryl/α,β-unsaturated/α-hetero) is 1. The highest BCUT2D eigenvalue weighted by Gasteiger charge is 2.22. The molecule has 0 aliphatic heterocycles. The van der Waals surface area contributed by atoms with E-state index in [-0.39, 0.29) is 16.3 Å². The van der Waals surface area contributed by atoms with Crippen molar-refractivity contribution in [1.82, 2.24) is 14.5 Å². The van der Waals surface area contributed by atoms with Crippen LogP contribution in [0.4, 0.5) is 10.1 Å². The molecule has 4 rings (SSSR count). The van der Waals surface area contributed by atoms with E-state index < -0.39 is 32.7 Å². The Balaban J connectivity index is 1.51. The van der Waals surface area contributed by atoms with E-state index in [1.807, 2.05) is 19.0 Å². The lowest BCUT2D eigenvalue weighted by molar-refractivity contribution is -0.116. The topological polar surface area (TPSA) is 101 Å². The summed E-state index contributed by atoms with van der Waals surface area (Å²) in [6.07, 6.45) is 0.986. The Hall–Kier alpha value is -3.12. The number of fused-ring (bicyclic) bond motifs is 1. The first-order chi connectivity index (χ1) is 17.5. The monoisotopic (exact) mass is 562 g/mol. The van der Waals surface area contributed by atoms with E-state index in [2.05, 4.69) is 10.3 Å². The Morgan fingerprint density at radius 1 is 1.16 bits per heavy atom. The van der Waals surface area contributed by atoms with E-state index in [1.54, 1.807) is 18.2 Å². The highest BCUT2D eigenvalue weighted by atomic mass is 35.5. The Morgan fingerprint density at radius 3 is 2.62 bits per heavy atom. The minimum Gasteiger partial charge on any atom is -0.384 e. The Morgan fingerprint density at radius 2 is 1.95 bits per heavy atom. The molecule has 2 aromatic carbocycles. The number of hydrogen-bond donors (Lipinski definition) is 1. The van der Waals surface area contributed by atoms with Crippen LogP contribution in [0.5, 0.6) is 0 Å². The van der Waals surface area contributed by atoms with E-state index >= 15 is 0 Å². The van der Waals surface area contributed by atoms with Gasteiger partial charge in [0.15, 0.2) is 15.6 Å². The summed E-state index contributed by atoms with van der Waals surface area (Å²) in [5.41, 5.74) is 1.13. The second-order valence-electron chi connectivity index (χ2n) is 8.70. The van der Waals surface area contributed by atoms with Crippen molar-refractivity contribution in [2.75, 3.05) is 38.3 Å². The fraction of sp³-hybridized carbons (Fsp3) is 0.240. The molecule has 0 bridgehead atoms.